The molecule has 0 spiro atoms. The molecule has 0 N–H and O–H groups in total. The SMILES string of the molecule is CCCCCCCCC(CC)CCCC(CCCCCCCC)CCOC(=O)c1ccccc1C(=O)OCCC(CCCCCCCC)CCCC(CC)CCCCCCCC. The standard InChI is InChI=1S/C58H106O4/c1-7-13-17-21-25-29-37-51(11-5)41-35-43-53(39-31-27-23-19-15-9-3)47-49-61-57(59)55-45-33-34-46-56(55)58(60)62-50-48-54(40-32-28-24-20-16-10-4)44-36-42-52(12-6)38-30-26-22-18-14-8-2/h33-34,45-46,51-54H,7-32,35-44,47-50H2,1-6H3. The van der Waals surface area contributed by atoms with Gasteiger partial charge >= 0.3 is 11.9 Å². The van der Waals surface area contributed by atoms with Crippen molar-refractivity contribution in [1.29, 1.82) is 0 Å². The minimum atomic E-state index is -0.395. The zero-order valence-electron chi connectivity index (χ0n) is 42.5. The average molecular weight is 867 g/mol. The highest BCUT2D eigenvalue weighted by molar-refractivity contribution is 6.03. The summed E-state index contributed by atoms with van der Waals surface area (Å²) in [5.74, 6) is 2.06. The van der Waals surface area contributed by atoms with Crippen LogP contribution in [0.5, 0.6) is 0 Å². The summed E-state index contributed by atoms with van der Waals surface area (Å²) in [6.45, 7) is 14.7. The Hall–Kier alpha value is -1.84. The minimum Gasteiger partial charge on any atom is -0.462 e. The molecule has 4 unspecified atom stereocenters. The van der Waals surface area contributed by atoms with Crippen molar-refractivity contribution < 1.29 is 19.1 Å². The Balaban J connectivity index is 2.73. The highest BCUT2D eigenvalue weighted by Crippen LogP contribution is 2.28. The molecule has 0 heterocycles. The van der Waals surface area contributed by atoms with Gasteiger partial charge in [0.1, 0.15) is 0 Å². The first kappa shape index (κ1) is 58.2. The fourth-order valence-corrected chi connectivity index (χ4v) is 9.85. The summed E-state index contributed by atoms with van der Waals surface area (Å²) in [7, 11) is 0. The summed E-state index contributed by atoms with van der Waals surface area (Å²) in [6.07, 6.45) is 49.5. The lowest BCUT2D eigenvalue weighted by Gasteiger charge is -2.20. The number of benzene rings is 1. The van der Waals surface area contributed by atoms with E-state index in [4.69, 9.17) is 9.47 Å². The fraction of sp³-hybridized carbons (Fsp3) is 0.862. The Morgan fingerprint density at radius 2 is 0.597 bits per heavy atom. The Bertz CT molecular complexity index is 1040. The van der Waals surface area contributed by atoms with Crippen molar-refractivity contribution in [2.24, 2.45) is 23.7 Å². The predicted molar refractivity (Wildman–Crippen MR) is 270 cm³/mol. The molecule has 1 aromatic carbocycles. The zero-order valence-corrected chi connectivity index (χ0v) is 42.5. The number of carbonyl (C=O) groups excluding carboxylic acids is 2. The first-order valence-electron chi connectivity index (χ1n) is 27.9. The average Bonchev–Trinajstić information content (AvgIpc) is 3.29. The highest BCUT2D eigenvalue weighted by atomic mass is 16.5. The number of esters is 2. The number of carbonyl (C=O) groups is 2. The van der Waals surface area contributed by atoms with Crippen LogP contribution in [0.25, 0.3) is 0 Å². The Kier molecular flexibility index (Phi) is 40.4. The first-order chi connectivity index (χ1) is 30.4. The lowest BCUT2D eigenvalue weighted by atomic mass is 9.88. The second-order valence-corrected chi connectivity index (χ2v) is 19.8. The molecule has 0 saturated carbocycles. The van der Waals surface area contributed by atoms with Gasteiger partial charge in [0, 0.05) is 0 Å². The summed E-state index contributed by atoms with van der Waals surface area (Å²) >= 11 is 0. The molecular formula is C58H106O4. The van der Waals surface area contributed by atoms with Crippen LogP contribution in [0.15, 0.2) is 24.3 Å². The molecule has 62 heavy (non-hydrogen) atoms. The first-order valence-corrected chi connectivity index (χ1v) is 27.9. The van der Waals surface area contributed by atoms with Crippen molar-refractivity contribution >= 4 is 11.9 Å². The number of unbranched alkanes of at least 4 members (excludes halogenated alkanes) is 20. The van der Waals surface area contributed by atoms with Crippen molar-refractivity contribution in [3.8, 4) is 0 Å². The largest absolute Gasteiger partial charge is 0.462 e. The third-order valence-electron chi connectivity index (χ3n) is 14.4. The Labute approximate surface area is 387 Å². The maximum absolute atomic E-state index is 13.5. The van der Waals surface area contributed by atoms with Gasteiger partial charge in [0.05, 0.1) is 24.3 Å². The van der Waals surface area contributed by atoms with Crippen LogP contribution < -0.4 is 0 Å². The summed E-state index contributed by atoms with van der Waals surface area (Å²) in [6, 6.07) is 7.13. The third kappa shape index (κ3) is 31.9. The maximum Gasteiger partial charge on any atom is 0.339 e. The minimum absolute atomic E-state index is 0.338. The van der Waals surface area contributed by atoms with Gasteiger partial charge in [-0.2, -0.15) is 0 Å². The number of hydrogen-bond donors (Lipinski definition) is 0. The van der Waals surface area contributed by atoms with Crippen LogP contribution in [-0.4, -0.2) is 25.2 Å². The van der Waals surface area contributed by atoms with Crippen molar-refractivity contribution in [1.82, 2.24) is 0 Å². The third-order valence-corrected chi connectivity index (χ3v) is 14.4. The summed E-state index contributed by atoms with van der Waals surface area (Å²) in [5, 5.41) is 0. The van der Waals surface area contributed by atoms with E-state index in [0.29, 0.717) is 36.2 Å². The second kappa shape index (κ2) is 43.1. The maximum atomic E-state index is 13.5. The van der Waals surface area contributed by atoms with Crippen molar-refractivity contribution in [3.05, 3.63) is 35.4 Å². The molecule has 1 aromatic rings. The van der Waals surface area contributed by atoms with Crippen molar-refractivity contribution in [2.75, 3.05) is 13.2 Å². The molecule has 0 saturated heterocycles. The molecule has 0 aliphatic rings. The van der Waals surface area contributed by atoms with Crippen molar-refractivity contribution in [2.45, 2.75) is 286 Å². The molecule has 0 aromatic heterocycles. The molecule has 0 radical (unpaired) electrons. The van der Waals surface area contributed by atoms with E-state index in [1.807, 2.05) is 12.1 Å². The van der Waals surface area contributed by atoms with Crippen LogP contribution >= 0.6 is 0 Å². The van der Waals surface area contributed by atoms with E-state index < -0.39 is 11.9 Å². The number of ether oxygens (including phenoxy) is 2. The molecule has 1 rings (SSSR count). The molecule has 0 amide bonds. The number of hydrogen-bond acceptors (Lipinski definition) is 4. The molecule has 0 aliphatic carbocycles. The van der Waals surface area contributed by atoms with Gasteiger partial charge in [-0.25, -0.2) is 9.59 Å². The van der Waals surface area contributed by atoms with Gasteiger partial charge in [-0.15, -0.1) is 0 Å². The van der Waals surface area contributed by atoms with Crippen LogP contribution in [0, 0.1) is 23.7 Å². The Morgan fingerprint density at radius 1 is 0.339 bits per heavy atom. The lowest BCUT2D eigenvalue weighted by Crippen LogP contribution is -2.17. The van der Waals surface area contributed by atoms with E-state index in [1.165, 1.54) is 231 Å². The van der Waals surface area contributed by atoms with Gasteiger partial charge in [-0.05, 0) is 48.6 Å². The van der Waals surface area contributed by atoms with Crippen LogP contribution in [0.1, 0.15) is 306 Å². The van der Waals surface area contributed by atoms with Crippen LogP contribution in [-0.2, 0) is 9.47 Å². The normalized spacial score (nSPS) is 13.5. The van der Waals surface area contributed by atoms with Gasteiger partial charge in [0.25, 0.3) is 0 Å². The topological polar surface area (TPSA) is 52.6 Å². The van der Waals surface area contributed by atoms with Gasteiger partial charge in [0.2, 0.25) is 0 Å². The van der Waals surface area contributed by atoms with E-state index >= 15 is 0 Å². The second-order valence-electron chi connectivity index (χ2n) is 19.8. The molecule has 0 fully saturated rings. The van der Waals surface area contributed by atoms with E-state index in [9.17, 15) is 9.59 Å². The zero-order chi connectivity index (χ0) is 45.1. The van der Waals surface area contributed by atoms with E-state index in [2.05, 4.69) is 41.5 Å². The molecule has 4 nitrogen and oxygen atoms in total. The van der Waals surface area contributed by atoms with Crippen LogP contribution in [0.3, 0.4) is 0 Å². The molecule has 0 aliphatic heterocycles. The van der Waals surface area contributed by atoms with Crippen LogP contribution in [0.4, 0.5) is 0 Å². The smallest absolute Gasteiger partial charge is 0.339 e. The predicted octanol–water partition coefficient (Wildman–Crippen LogP) is 19.4. The van der Waals surface area contributed by atoms with Gasteiger partial charge in [-0.3, -0.25) is 0 Å². The van der Waals surface area contributed by atoms with Crippen LogP contribution in [0.2, 0.25) is 0 Å². The number of rotatable bonds is 46. The summed E-state index contributed by atoms with van der Waals surface area (Å²) < 4.78 is 11.9. The quantitative estimate of drug-likeness (QED) is 0.0484. The fourth-order valence-electron chi connectivity index (χ4n) is 9.85. The van der Waals surface area contributed by atoms with Crippen molar-refractivity contribution in [3.63, 3.8) is 0 Å². The van der Waals surface area contributed by atoms with E-state index in [1.54, 1.807) is 12.1 Å². The molecule has 4 atom stereocenters. The molecular weight excluding hydrogens is 761 g/mol. The lowest BCUT2D eigenvalue weighted by molar-refractivity contribution is 0.0430. The Morgan fingerprint density at radius 3 is 0.903 bits per heavy atom. The van der Waals surface area contributed by atoms with E-state index in [-0.39, 0.29) is 0 Å². The molecule has 362 valence electrons. The molecule has 0 bridgehead atoms. The van der Waals surface area contributed by atoms with E-state index in [0.717, 1.165) is 24.7 Å². The van der Waals surface area contributed by atoms with Gasteiger partial charge in [-0.1, -0.05) is 285 Å². The summed E-state index contributed by atoms with van der Waals surface area (Å²) in [4.78, 5) is 27.1. The summed E-state index contributed by atoms with van der Waals surface area (Å²) in [5.41, 5.74) is 0.676. The molecule has 4 heteroatoms. The monoisotopic (exact) mass is 867 g/mol. The van der Waals surface area contributed by atoms with Gasteiger partial charge < -0.3 is 9.47 Å². The highest BCUT2D eigenvalue weighted by Gasteiger charge is 2.21. The van der Waals surface area contributed by atoms with Gasteiger partial charge in [0.15, 0.2) is 0 Å².